The zero-order valence-corrected chi connectivity index (χ0v) is 12.0. The first-order valence-electron chi connectivity index (χ1n) is 5.79. The summed E-state index contributed by atoms with van der Waals surface area (Å²) in [5, 5.41) is 9.60. The van der Waals surface area contributed by atoms with Crippen LogP contribution in [0.5, 0.6) is 5.75 Å². The minimum atomic E-state index is -0.394. The van der Waals surface area contributed by atoms with E-state index < -0.39 is 6.04 Å². The average Bonchev–Trinajstić information content (AvgIpc) is 2.46. The van der Waals surface area contributed by atoms with Crippen LogP contribution in [0, 0.1) is 11.3 Å². The lowest BCUT2D eigenvalue weighted by Gasteiger charge is -2.31. The van der Waals surface area contributed by atoms with Gasteiger partial charge in [0.25, 0.3) is 5.91 Å². The summed E-state index contributed by atoms with van der Waals surface area (Å²) in [6, 6.07) is 6.69. The van der Waals surface area contributed by atoms with Crippen LogP contribution in [-0.2, 0) is 0 Å². The molecule has 1 atom stereocenters. The molecule has 19 heavy (non-hydrogen) atoms. The van der Waals surface area contributed by atoms with Crippen molar-refractivity contribution in [1.29, 1.82) is 5.26 Å². The largest absolute Gasteiger partial charge is 0.496 e. The van der Waals surface area contributed by atoms with Crippen LogP contribution in [0.1, 0.15) is 10.4 Å². The molecule has 0 aromatic heterocycles. The Labute approximate surface area is 121 Å². The number of rotatable bonds is 2. The van der Waals surface area contributed by atoms with Crippen LogP contribution in [0.15, 0.2) is 18.2 Å². The number of nitriles is 1. The Balaban J connectivity index is 2.33. The molecule has 1 fully saturated rings. The summed E-state index contributed by atoms with van der Waals surface area (Å²) in [5.74, 6) is 1.76. The Kier molecular flexibility index (Phi) is 4.56. The standard InChI is InChI=1S/C13H13ClN2O2S/c1-18-12-3-2-9(14)6-11(12)13(17)16-4-5-19-8-10(16)7-15/h2-3,6,10H,4-5,8H2,1H3/t10-/m0/s1. The lowest BCUT2D eigenvalue weighted by Crippen LogP contribution is -2.45. The first-order chi connectivity index (χ1) is 9.17. The maximum atomic E-state index is 12.5. The highest BCUT2D eigenvalue weighted by atomic mass is 35.5. The van der Waals surface area contributed by atoms with Gasteiger partial charge in [0.1, 0.15) is 11.8 Å². The van der Waals surface area contributed by atoms with Gasteiger partial charge >= 0.3 is 0 Å². The fraction of sp³-hybridized carbons (Fsp3) is 0.385. The van der Waals surface area contributed by atoms with Crippen molar-refractivity contribution in [2.75, 3.05) is 25.2 Å². The van der Waals surface area contributed by atoms with E-state index >= 15 is 0 Å². The number of halogens is 1. The Hall–Kier alpha value is -1.38. The molecule has 0 unspecified atom stereocenters. The molecule has 1 aliphatic rings. The molecule has 1 amide bonds. The first-order valence-corrected chi connectivity index (χ1v) is 7.32. The molecule has 0 spiro atoms. The third kappa shape index (κ3) is 2.96. The summed E-state index contributed by atoms with van der Waals surface area (Å²) in [7, 11) is 1.51. The highest BCUT2D eigenvalue weighted by Crippen LogP contribution is 2.26. The van der Waals surface area contributed by atoms with Crippen LogP contribution in [0.4, 0.5) is 0 Å². The number of thioether (sulfide) groups is 1. The second-order valence-corrected chi connectivity index (χ2v) is 5.65. The van der Waals surface area contributed by atoms with Gasteiger partial charge in [-0.3, -0.25) is 4.79 Å². The summed E-state index contributed by atoms with van der Waals surface area (Å²) >= 11 is 7.61. The van der Waals surface area contributed by atoms with E-state index in [0.29, 0.717) is 28.6 Å². The van der Waals surface area contributed by atoms with E-state index in [0.717, 1.165) is 5.75 Å². The number of ether oxygens (including phenoxy) is 1. The van der Waals surface area contributed by atoms with Gasteiger partial charge in [-0.1, -0.05) is 11.6 Å². The number of hydrogen-bond donors (Lipinski definition) is 0. The predicted molar refractivity (Wildman–Crippen MR) is 75.8 cm³/mol. The van der Waals surface area contributed by atoms with Gasteiger partial charge in [-0.05, 0) is 18.2 Å². The first kappa shape index (κ1) is 14.0. The zero-order chi connectivity index (χ0) is 13.8. The molecule has 100 valence electrons. The fourth-order valence-electron chi connectivity index (χ4n) is 1.96. The smallest absolute Gasteiger partial charge is 0.258 e. The van der Waals surface area contributed by atoms with Gasteiger partial charge < -0.3 is 9.64 Å². The molecule has 1 saturated heterocycles. The highest BCUT2D eigenvalue weighted by Gasteiger charge is 2.29. The second-order valence-electron chi connectivity index (χ2n) is 4.06. The number of methoxy groups -OCH3 is 1. The molecule has 0 bridgehead atoms. The van der Waals surface area contributed by atoms with E-state index in [1.165, 1.54) is 7.11 Å². The number of carbonyl (C=O) groups is 1. The van der Waals surface area contributed by atoms with E-state index in [-0.39, 0.29) is 5.91 Å². The third-order valence-corrected chi connectivity index (χ3v) is 4.19. The number of benzene rings is 1. The van der Waals surface area contributed by atoms with E-state index in [4.69, 9.17) is 21.6 Å². The summed E-state index contributed by atoms with van der Waals surface area (Å²) in [6.07, 6.45) is 0. The van der Waals surface area contributed by atoms with Gasteiger partial charge in [0.15, 0.2) is 0 Å². The molecule has 6 heteroatoms. The Morgan fingerprint density at radius 2 is 2.42 bits per heavy atom. The topological polar surface area (TPSA) is 53.3 Å². The zero-order valence-electron chi connectivity index (χ0n) is 10.4. The average molecular weight is 297 g/mol. The fourth-order valence-corrected chi connectivity index (χ4v) is 3.10. The molecule has 4 nitrogen and oxygen atoms in total. The molecule has 0 N–H and O–H groups in total. The molecule has 1 heterocycles. The minimum Gasteiger partial charge on any atom is -0.496 e. The van der Waals surface area contributed by atoms with Gasteiger partial charge in [0.2, 0.25) is 0 Å². The summed E-state index contributed by atoms with van der Waals surface area (Å²) < 4.78 is 5.19. The van der Waals surface area contributed by atoms with Crippen LogP contribution in [0.3, 0.4) is 0 Å². The second kappa shape index (κ2) is 6.18. The van der Waals surface area contributed by atoms with Crippen molar-refractivity contribution >= 4 is 29.3 Å². The number of nitrogens with zero attached hydrogens (tertiary/aromatic N) is 2. The molecule has 1 aromatic carbocycles. The van der Waals surface area contributed by atoms with Crippen LogP contribution in [0.2, 0.25) is 5.02 Å². The van der Waals surface area contributed by atoms with Crippen molar-refractivity contribution in [2.45, 2.75) is 6.04 Å². The molecule has 0 radical (unpaired) electrons. The van der Waals surface area contributed by atoms with Gasteiger partial charge in [0, 0.05) is 23.1 Å². The predicted octanol–water partition coefficient (Wildman–Crippen LogP) is 2.43. The monoisotopic (exact) mass is 296 g/mol. The SMILES string of the molecule is COc1ccc(Cl)cc1C(=O)N1CCSC[C@@H]1C#N. The quantitative estimate of drug-likeness (QED) is 0.841. The van der Waals surface area contributed by atoms with Crippen LogP contribution >= 0.6 is 23.4 Å². The lowest BCUT2D eigenvalue weighted by molar-refractivity contribution is 0.0734. The summed E-state index contributed by atoms with van der Waals surface area (Å²) in [6.45, 7) is 0.567. The van der Waals surface area contributed by atoms with Crippen LogP contribution < -0.4 is 4.74 Å². The molecule has 0 aliphatic carbocycles. The summed E-state index contributed by atoms with van der Waals surface area (Å²) in [5.41, 5.74) is 0.405. The van der Waals surface area contributed by atoms with Crippen molar-refractivity contribution in [1.82, 2.24) is 4.90 Å². The molecule has 1 aromatic rings. The van der Waals surface area contributed by atoms with Crippen molar-refractivity contribution in [3.63, 3.8) is 0 Å². The molecule has 1 aliphatic heterocycles. The number of carbonyl (C=O) groups excluding carboxylic acids is 1. The Morgan fingerprint density at radius 1 is 1.63 bits per heavy atom. The van der Waals surface area contributed by atoms with Crippen molar-refractivity contribution in [3.05, 3.63) is 28.8 Å². The maximum absolute atomic E-state index is 12.5. The van der Waals surface area contributed by atoms with Gasteiger partial charge in [-0.2, -0.15) is 17.0 Å². The van der Waals surface area contributed by atoms with Gasteiger partial charge in [0.05, 0.1) is 18.7 Å². The Morgan fingerprint density at radius 3 is 3.11 bits per heavy atom. The van der Waals surface area contributed by atoms with Gasteiger partial charge in [-0.15, -0.1) is 0 Å². The lowest BCUT2D eigenvalue weighted by atomic mass is 10.1. The van der Waals surface area contributed by atoms with Crippen LogP contribution in [-0.4, -0.2) is 42.0 Å². The molecule has 2 rings (SSSR count). The normalized spacial score (nSPS) is 18.8. The summed E-state index contributed by atoms with van der Waals surface area (Å²) in [4.78, 5) is 14.1. The van der Waals surface area contributed by atoms with Crippen molar-refractivity contribution in [3.8, 4) is 11.8 Å². The van der Waals surface area contributed by atoms with E-state index in [1.807, 2.05) is 0 Å². The highest BCUT2D eigenvalue weighted by molar-refractivity contribution is 7.99. The third-order valence-electron chi connectivity index (χ3n) is 2.93. The van der Waals surface area contributed by atoms with Crippen molar-refractivity contribution in [2.24, 2.45) is 0 Å². The molecular formula is C13H13ClN2O2S. The minimum absolute atomic E-state index is 0.203. The number of amides is 1. The van der Waals surface area contributed by atoms with E-state index in [1.54, 1.807) is 34.9 Å². The van der Waals surface area contributed by atoms with Crippen molar-refractivity contribution < 1.29 is 9.53 Å². The van der Waals surface area contributed by atoms with E-state index in [2.05, 4.69) is 6.07 Å². The molecule has 0 saturated carbocycles. The van der Waals surface area contributed by atoms with Gasteiger partial charge in [-0.25, -0.2) is 0 Å². The number of hydrogen-bond acceptors (Lipinski definition) is 4. The maximum Gasteiger partial charge on any atom is 0.258 e. The van der Waals surface area contributed by atoms with E-state index in [9.17, 15) is 4.79 Å². The van der Waals surface area contributed by atoms with Crippen LogP contribution in [0.25, 0.3) is 0 Å². The molecular weight excluding hydrogens is 284 g/mol. The Bertz CT molecular complexity index is 530.